The molecule has 2 atom stereocenters. The monoisotopic (exact) mass is 322 g/mol. The lowest BCUT2D eigenvalue weighted by molar-refractivity contribution is -0.383. The fraction of sp³-hybridized carbons (Fsp3) is 0.625. The van der Waals surface area contributed by atoms with Gasteiger partial charge in [-0.25, -0.2) is 0 Å². The average Bonchev–Trinajstić information content (AvgIpc) is 2.52. The average molecular weight is 322 g/mol. The number of nitrogens with two attached hydrogens (primary N) is 1. The Kier molecular flexibility index (Phi) is 5.79. The predicted octanol–water partition coefficient (Wildman–Crippen LogP) is 2.11. The molecule has 1 unspecified atom stereocenters. The maximum atomic E-state index is 10.9. The Morgan fingerprint density at radius 1 is 1.39 bits per heavy atom. The molecule has 0 spiro atoms. The minimum atomic E-state index is -0.449. The highest BCUT2D eigenvalue weighted by Crippen LogP contribution is 2.30. The summed E-state index contributed by atoms with van der Waals surface area (Å²) in [5.41, 5.74) is 6.94. The summed E-state index contributed by atoms with van der Waals surface area (Å²) in [5, 5.41) is 10.9. The summed E-state index contributed by atoms with van der Waals surface area (Å²) >= 11 is 0. The van der Waals surface area contributed by atoms with Gasteiger partial charge < -0.3 is 20.3 Å². The van der Waals surface area contributed by atoms with E-state index in [-0.39, 0.29) is 23.5 Å². The molecular weight excluding hydrogens is 296 g/mol. The number of hydrogen-bond donors (Lipinski definition) is 1. The van der Waals surface area contributed by atoms with Gasteiger partial charge in [0.05, 0.1) is 24.2 Å². The first-order valence-corrected chi connectivity index (χ1v) is 8.10. The molecule has 1 heterocycles. The first kappa shape index (κ1) is 17.5. The molecule has 2 rings (SSSR count). The number of nitro benzene ring substituents is 1. The molecule has 23 heavy (non-hydrogen) atoms. The van der Waals surface area contributed by atoms with Gasteiger partial charge in [-0.1, -0.05) is 13.8 Å². The second kappa shape index (κ2) is 7.61. The maximum Gasteiger partial charge on any atom is 0.292 e. The van der Waals surface area contributed by atoms with Crippen LogP contribution < -0.4 is 10.6 Å². The SMILES string of the molecule is CCN(CC)CC1COC[C@H](C)N1c1ccc([N+](=O)[O-])c(N)c1. The van der Waals surface area contributed by atoms with Crippen LogP contribution in [0.15, 0.2) is 18.2 Å². The molecule has 1 aliphatic rings. The van der Waals surface area contributed by atoms with E-state index in [2.05, 4.69) is 30.6 Å². The number of likely N-dealkylation sites (N-methyl/N-ethyl adjacent to an activating group) is 1. The van der Waals surface area contributed by atoms with Crippen molar-refractivity contribution < 1.29 is 9.66 Å². The van der Waals surface area contributed by atoms with Crippen LogP contribution in [-0.2, 0) is 4.74 Å². The number of rotatable bonds is 6. The number of anilines is 2. The first-order chi connectivity index (χ1) is 11.0. The molecule has 1 saturated heterocycles. The third-order valence-electron chi connectivity index (χ3n) is 4.41. The largest absolute Gasteiger partial charge is 0.393 e. The zero-order valence-electron chi connectivity index (χ0n) is 14.1. The van der Waals surface area contributed by atoms with Crippen molar-refractivity contribution in [2.24, 2.45) is 0 Å². The lowest BCUT2D eigenvalue weighted by Crippen LogP contribution is -2.55. The van der Waals surface area contributed by atoms with Crippen LogP contribution >= 0.6 is 0 Å². The van der Waals surface area contributed by atoms with Crippen LogP contribution in [0, 0.1) is 10.1 Å². The summed E-state index contributed by atoms with van der Waals surface area (Å²) in [4.78, 5) is 15.1. The van der Waals surface area contributed by atoms with E-state index in [0.29, 0.717) is 13.2 Å². The smallest absolute Gasteiger partial charge is 0.292 e. The number of benzene rings is 1. The van der Waals surface area contributed by atoms with Crippen LogP contribution in [0.25, 0.3) is 0 Å². The Morgan fingerprint density at radius 3 is 2.65 bits per heavy atom. The van der Waals surface area contributed by atoms with Crippen molar-refractivity contribution in [2.75, 3.05) is 43.5 Å². The maximum absolute atomic E-state index is 10.9. The molecule has 7 heteroatoms. The lowest BCUT2D eigenvalue weighted by Gasteiger charge is -2.44. The van der Waals surface area contributed by atoms with Gasteiger partial charge >= 0.3 is 0 Å². The summed E-state index contributed by atoms with van der Waals surface area (Å²) in [6, 6.07) is 5.38. The number of hydrogen-bond acceptors (Lipinski definition) is 6. The van der Waals surface area contributed by atoms with Gasteiger partial charge in [0.2, 0.25) is 0 Å². The third kappa shape index (κ3) is 3.92. The molecule has 0 aliphatic carbocycles. The molecule has 1 aromatic carbocycles. The van der Waals surface area contributed by atoms with Gasteiger partial charge in [-0.05, 0) is 32.1 Å². The number of nitrogens with zero attached hydrogens (tertiary/aromatic N) is 3. The zero-order valence-corrected chi connectivity index (χ0v) is 14.1. The molecule has 0 radical (unpaired) electrons. The van der Waals surface area contributed by atoms with E-state index < -0.39 is 4.92 Å². The lowest BCUT2D eigenvalue weighted by atomic mass is 10.1. The van der Waals surface area contributed by atoms with Gasteiger partial charge in [-0.2, -0.15) is 0 Å². The highest BCUT2D eigenvalue weighted by Gasteiger charge is 2.30. The number of nitrogen functional groups attached to an aromatic ring is 1. The standard InChI is InChI=1S/C16H26N4O3/c1-4-18(5-2)9-14-11-23-10-12(3)19(14)13-6-7-16(20(21)22)15(17)8-13/h6-8,12,14H,4-5,9-11,17H2,1-3H3/t12-,14?/m0/s1. The van der Waals surface area contributed by atoms with Crippen LogP contribution in [0.5, 0.6) is 0 Å². The molecule has 1 aliphatic heterocycles. The van der Waals surface area contributed by atoms with Gasteiger partial charge in [-0.3, -0.25) is 10.1 Å². The van der Waals surface area contributed by atoms with E-state index in [1.54, 1.807) is 12.1 Å². The van der Waals surface area contributed by atoms with Crippen LogP contribution in [0.4, 0.5) is 17.1 Å². The van der Waals surface area contributed by atoms with E-state index in [1.807, 2.05) is 0 Å². The van der Waals surface area contributed by atoms with Crippen molar-refractivity contribution in [2.45, 2.75) is 32.9 Å². The molecule has 1 fully saturated rings. The molecule has 0 saturated carbocycles. The van der Waals surface area contributed by atoms with Gasteiger partial charge in [0, 0.05) is 24.3 Å². The van der Waals surface area contributed by atoms with Crippen LogP contribution in [0.1, 0.15) is 20.8 Å². The van der Waals surface area contributed by atoms with Gasteiger partial charge in [0.1, 0.15) is 5.69 Å². The van der Waals surface area contributed by atoms with Crippen molar-refractivity contribution in [3.05, 3.63) is 28.3 Å². The summed E-state index contributed by atoms with van der Waals surface area (Å²) < 4.78 is 5.72. The molecule has 128 valence electrons. The Morgan fingerprint density at radius 2 is 2.09 bits per heavy atom. The van der Waals surface area contributed by atoms with Crippen LogP contribution in [0.3, 0.4) is 0 Å². The molecule has 0 bridgehead atoms. The quantitative estimate of drug-likeness (QED) is 0.490. The van der Waals surface area contributed by atoms with Crippen molar-refractivity contribution in [3.8, 4) is 0 Å². The normalized spacial score (nSPS) is 21.7. The Bertz CT molecular complexity index is 548. The van der Waals surface area contributed by atoms with Gasteiger partial charge in [0.15, 0.2) is 0 Å². The molecule has 7 nitrogen and oxygen atoms in total. The molecule has 0 amide bonds. The minimum absolute atomic E-state index is 0.0463. The minimum Gasteiger partial charge on any atom is -0.393 e. The third-order valence-corrected chi connectivity index (χ3v) is 4.41. The Labute approximate surface area is 137 Å². The number of morpholine rings is 1. The number of nitro groups is 1. The fourth-order valence-corrected chi connectivity index (χ4v) is 3.15. The number of ether oxygens (including phenoxy) is 1. The van der Waals surface area contributed by atoms with Gasteiger partial charge in [0.25, 0.3) is 5.69 Å². The van der Waals surface area contributed by atoms with Crippen molar-refractivity contribution in [3.63, 3.8) is 0 Å². The van der Waals surface area contributed by atoms with E-state index in [9.17, 15) is 10.1 Å². The highest BCUT2D eigenvalue weighted by atomic mass is 16.6. The predicted molar refractivity (Wildman–Crippen MR) is 91.8 cm³/mol. The summed E-state index contributed by atoms with van der Waals surface area (Å²) in [6.07, 6.45) is 0. The first-order valence-electron chi connectivity index (χ1n) is 8.10. The zero-order chi connectivity index (χ0) is 17.0. The summed E-state index contributed by atoms with van der Waals surface area (Å²) in [7, 11) is 0. The molecule has 0 aromatic heterocycles. The van der Waals surface area contributed by atoms with Crippen LogP contribution in [0.2, 0.25) is 0 Å². The summed E-state index contributed by atoms with van der Waals surface area (Å²) in [6.45, 7) is 10.6. The summed E-state index contributed by atoms with van der Waals surface area (Å²) in [5.74, 6) is 0. The second-order valence-electron chi connectivity index (χ2n) is 5.93. The van der Waals surface area contributed by atoms with Crippen LogP contribution in [-0.4, -0.2) is 54.8 Å². The van der Waals surface area contributed by atoms with Crippen molar-refractivity contribution in [1.82, 2.24) is 4.90 Å². The molecule has 2 N–H and O–H groups in total. The molecule has 1 aromatic rings. The fourth-order valence-electron chi connectivity index (χ4n) is 3.15. The topological polar surface area (TPSA) is 84.9 Å². The van der Waals surface area contributed by atoms with Crippen molar-refractivity contribution >= 4 is 17.1 Å². The Hall–Kier alpha value is -1.86. The molecular formula is C16H26N4O3. The van der Waals surface area contributed by atoms with E-state index in [4.69, 9.17) is 10.5 Å². The van der Waals surface area contributed by atoms with E-state index in [0.717, 1.165) is 25.3 Å². The second-order valence-corrected chi connectivity index (χ2v) is 5.93. The van der Waals surface area contributed by atoms with E-state index >= 15 is 0 Å². The van der Waals surface area contributed by atoms with E-state index in [1.165, 1.54) is 6.07 Å². The highest BCUT2D eigenvalue weighted by molar-refractivity contribution is 5.67. The van der Waals surface area contributed by atoms with Crippen molar-refractivity contribution in [1.29, 1.82) is 0 Å². The Balaban J connectivity index is 2.28. The van der Waals surface area contributed by atoms with Gasteiger partial charge in [-0.15, -0.1) is 0 Å².